The predicted octanol–water partition coefficient (Wildman–Crippen LogP) is 4.83. The van der Waals surface area contributed by atoms with Crippen molar-refractivity contribution >= 4 is 29.4 Å². The molecule has 1 aliphatic rings. The van der Waals surface area contributed by atoms with Gasteiger partial charge in [-0.1, -0.05) is 11.6 Å². The molecule has 1 heterocycles. The summed E-state index contributed by atoms with van der Waals surface area (Å²) in [4.78, 5) is 27.6. The fourth-order valence-corrected chi connectivity index (χ4v) is 2.99. The second kappa shape index (κ2) is 8.06. The van der Waals surface area contributed by atoms with E-state index in [2.05, 4.69) is 5.32 Å². The van der Waals surface area contributed by atoms with Crippen molar-refractivity contribution in [3.8, 4) is 0 Å². The van der Waals surface area contributed by atoms with Gasteiger partial charge in [0.25, 0.3) is 0 Å². The minimum atomic E-state index is -4.62. The van der Waals surface area contributed by atoms with Crippen LogP contribution in [0.4, 0.5) is 28.4 Å². The molecule has 1 atom stereocenters. The summed E-state index contributed by atoms with van der Waals surface area (Å²) in [5.74, 6) is 0. The van der Waals surface area contributed by atoms with E-state index in [1.807, 2.05) is 0 Å². The van der Waals surface area contributed by atoms with Gasteiger partial charge in [-0.05, 0) is 45.9 Å². The zero-order valence-corrected chi connectivity index (χ0v) is 16.8. The number of piperazine rings is 1. The summed E-state index contributed by atoms with van der Waals surface area (Å²) in [6.07, 6.45) is -5.09. The van der Waals surface area contributed by atoms with E-state index < -0.39 is 34.5 Å². The number of nitrogens with zero attached hydrogens (tertiary/aromatic N) is 2. The van der Waals surface area contributed by atoms with Crippen LogP contribution in [0.1, 0.15) is 33.3 Å². The summed E-state index contributed by atoms with van der Waals surface area (Å²) in [6.45, 7) is 7.79. The van der Waals surface area contributed by atoms with E-state index in [4.69, 9.17) is 16.3 Å². The summed E-state index contributed by atoms with van der Waals surface area (Å²) in [5.41, 5.74) is -1.65. The lowest BCUT2D eigenvalue weighted by Gasteiger charge is -2.40. The van der Waals surface area contributed by atoms with Crippen LogP contribution in [0.3, 0.4) is 0 Å². The number of alkyl halides is 3. The summed E-state index contributed by atoms with van der Waals surface area (Å²) in [7, 11) is 0. The molecule has 1 aliphatic heterocycles. The SMILES string of the molecule is CC1CN(C(=O)OC(C)(C)C)CCN1C(=O)Nc1ccc(Cl)c(C(F)(F)F)c1. The Kier molecular flexibility index (Phi) is 6.37. The first-order valence-corrected chi connectivity index (χ1v) is 9.08. The van der Waals surface area contributed by atoms with Gasteiger partial charge in [0.15, 0.2) is 0 Å². The quantitative estimate of drug-likeness (QED) is 0.706. The topological polar surface area (TPSA) is 61.9 Å². The smallest absolute Gasteiger partial charge is 0.417 e. The van der Waals surface area contributed by atoms with Crippen LogP contribution in [-0.2, 0) is 10.9 Å². The van der Waals surface area contributed by atoms with Gasteiger partial charge in [-0.2, -0.15) is 13.2 Å². The molecule has 1 saturated heterocycles. The molecule has 6 nitrogen and oxygen atoms in total. The summed E-state index contributed by atoms with van der Waals surface area (Å²) >= 11 is 5.59. The number of amides is 3. The minimum Gasteiger partial charge on any atom is -0.444 e. The van der Waals surface area contributed by atoms with E-state index in [-0.39, 0.29) is 31.4 Å². The third kappa shape index (κ3) is 5.67. The van der Waals surface area contributed by atoms with Crippen molar-refractivity contribution in [1.82, 2.24) is 9.80 Å². The van der Waals surface area contributed by atoms with Crippen molar-refractivity contribution in [2.75, 3.05) is 25.0 Å². The van der Waals surface area contributed by atoms with Gasteiger partial charge in [0.2, 0.25) is 0 Å². The Morgan fingerprint density at radius 3 is 2.39 bits per heavy atom. The molecule has 1 aromatic carbocycles. The first-order valence-electron chi connectivity index (χ1n) is 8.70. The molecule has 3 amide bonds. The van der Waals surface area contributed by atoms with Gasteiger partial charge >= 0.3 is 18.3 Å². The standard InChI is InChI=1S/C18H23ClF3N3O3/c1-11-10-24(16(27)28-17(2,3)4)7-8-25(11)15(26)23-12-5-6-14(19)13(9-12)18(20,21)22/h5-6,9,11H,7-8,10H2,1-4H3,(H,23,26). The molecule has 1 fully saturated rings. The fourth-order valence-electron chi connectivity index (χ4n) is 2.77. The van der Waals surface area contributed by atoms with Gasteiger partial charge in [0.1, 0.15) is 5.60 Å². The Hall–Kier alpha value is -2.16. The molecule has 0 aliphatic carbocycles. The van der Waals surface area contributed by atoms with E-state index in [0.29, 0.717) is 0 Å². The Morgan fingerprint density at radius 1 is 1.21 bits per heavy atom. The zero-order chi connectivity index (χ0) is 21.3. The highest BCUT2D eigenvalue weighted by Crippen LogP contribution is 2.36. The number of benzene rings is 1. The number of carbonyl (C=O) groups excluding carboxylic acids is 2. The Bertz CT molecular complexity index is 750. The maximum atomic E-state index is 13.0. The Morgan fingerprint density at radius 2 is 1.86 bits per heavy atom. The first kappa shape index (κ1) is 22.1. The van der Waals surface area contributed by atoms with Crippen LogP contribution in [-0.4, -0.2) is 53.2 Å². The molecule has 0 aromatic heterocycles. The number of hydrogen-bond acceptors (Lipinski definition) is 3. The molecule has 2 rings (SSSR count). The van der Waals surface area contributed by atoms with E-state index in [1.165, 1.54) is 15.9 Å². The van der Waals surface area contributed by atoms with Gasteiger partial charge in [-0.25, -0.2) is 9.59 Å². The van der Waals surface area contributed by atoms with Crippen molar-refractivity contribution in [3.63, 3.8) is 0 Å². The lowest BCUT2D eigenvalue weighted by molar-refractivity contribution is -0.137. The number of rotatable bonds is 1. The average Bonchev–Trinajstić information content (AvgIpc) is 2.53. The average molecular weight is 422 g/mol. The van der Waals surface area contributed by atoms with Crippen molar-refractivity contribution in [2.45, 2.75) is 45.5 Å². The molecule has 1 N–H and O–H groups in total. The highest BCUT2D eigenvalue weighted by atomic mass is 35.5. The van der Waals surface area contributed by atoms with Crippen LogP contribution in [0.25, 0.3) is 0 Å². The normalized spacial score (nSPS) is 18.1. The molecule has 0 radical (unpaired) electrons. The number of nitrogens with one attached hydrogen (secondary N) is 1. The Balaban J connectivity index is 2.02. The van der Waals surface area contributed by atoms with Crippen molar-refractivity contribution in [1.29, 1.82) is 0 Å². The molecule has 0 saturated carbocycles. The van der Waals surface area contributed by atoms with Crippen LogP contribution in [0.15, 0.2) is 18.2 Å². The molecule has 0 bridgehead atoms. The van der Waals surface area contributed by atoms with Gasteiger partial charge in [-0.15, -0.1) is 0 Å². The van der Waals surface area contributed by atoms with E-state index in [1.54, 1.807) is 27.7 Å². The van der Waals surface area contributed by atoms with Crippen LogP contribution < -0.4 is 5.32 Å². The largest absolute Gasteiger partial charge is 0.444 e. The molecule has 1 aromatic rings. The van der Waals surface area contributed by atoms with Crippen LogP contribution in [0, 0.1) is 0 Å². The number of halogens is 4. The number of hydrogen-bond donors (Lipinski definition) is 1. The zero-order valence-electron chi connectivity index (χ0n) is 16.1. The third-order valence-electron chi connectivity index (χ3n) is 4.06. The second-order valence-corrected chi connectivity index (χ2v) is 8.00. The maximum absolute atomic E-state index is 13.0. The molecular formula is C18H23ClF3N3O3. The Labute approximate surface area is 166 Å². The second-order valence-electron chi connectivity index (χ2n) is 7.59. The van der Waals surface area contributed by atoms with Crippen molar-refractivity contribution < 1.29 is 27.5 Å². The summed E-state index contributed by atoms with van der Waals surface area (Å²) in [6, 6.07) is 2.30. The van der Waals surface area contributed by atoms with Crippen molar-refractivity contribution in [2.24, 2.45) is 0 Å². The lowest BCUT2D eigenvalue weighted by atomic mass is 10.2. The fraction of sp³-hybridized carbons (Fsp3) is 0.556. The van der Waals surface area contributed by atoms with Crippen molar-refractivity contribution in [3.05, 3.63) is 28.8 Å². The minimum absolute atomic E-state index is 0.0107. The highest BCUT2D eigenvalue weighted by Gasteiger charge is 2.35. The summed E-state index contributed by atoms with van der Waals surface area (Å²) in [5, 5.41) is 2.02. The molecular weight excluding hydrogens is 399 g/mol. The van der Waals surface area contributed by atoms with Crippen LogP contribution >= 0.6 is 11.6 Å². The molecule has 1 unspecified atom stereocenters. The number of ether oxygens (including phenoxy) is 1. The van der Waals surface area contributed by atoms with E-state index in [0.717, 1.165) is 12.1 Å². The number of urea groups is 1. The molecule has 10 heteroatoms. The van der Waals surface area contributed by atoms with Crippen LogP contribution in [0.5, 0.6) is 0 Å². The number of anilines is 1. The maximum Gasteiger partial charge on any atom is 0.417 e. The van der Waals surface area contributed by atoms with Gasteiger partial charge < -0.3 is 19.9 Å². The van der Waals surface area contributed by atoms with E-state index in [9.17, 15) is 22.8 Å². The van der Waals surface area contributed by atoms with Gasteiger partial charge in [0, 0.05) is 31.4 Å². The third-order valence-corrected chi connectivity index (χ3v) is 4.39. The highest BCUT2D eigenvalue weighted by molar-refractivity contribution is 6.31. The summed E-state index contributed by atoms with van der Waals surface area (Å²) < 4.78 is 44.2. The van der Waals surface area contributed by atoms with E-state index >= 15 is 0 Å². The molecule has 28 heavy (non-hydrogen) atoms. The van der Waals surface area contributed by atoms with Crippen LogP contribution in [0.2, 0.25) is 5.02 Å². The predicted molar refractivity (Wildman–Crippen MR) is 99.4 cm³/mol. The lowest BCUT2D eigenvalue weighted by Crippen LogP contribution is -2.57. The molecule has 0 spiro atoms. The first-order chi connectivity index (χ1) is 12.8. The monoisotopic (exact) mass is 421 g/mol. The van der Waals surface area contributed by atoms with Gasteiger partial charge in [-0.3, -0.25) is 0 Å². The number of carbonyl (C=O) groups is 2. The molecule has 156 valence electrons. The van der Waals surface area contributed by atoms with Gasteiger partial charge in [0.05, 0.1) is 10.6 Å².